The molecule has 0 aromatic heterocycles. The Morgan fingerprint density at radius 2 is 2.12 bits per heavy atom. The van der Waals surface area contributed by atoms with Gasteiger partial charge in [-0.3, -0.25) is 4.79 Å². The van der Waals surface area contributed by atoms with Gasteiger partial charge in [-0.1, -0.05) is 55.8 Å². The van der Waals surface area contributed by atoms with Crippen molar-refractivity contribution in [1.29, 1.82) is 0 Å². The molecule has 0 aliphatic heterocycles. The Bertz CT molecular complexity index is 348. The van der Waals surface area contributed by atoms with Crippen molar-refractivity contribution in [1.82, 2.24) is 5.32 Å². The van der Waals surface area contributed by atoms with E-state index in [0.29, 0.717) is 0 Å². The first kappa shape index (κ1) is 12.6. The molecule has 16 heavy (non-hydrogen) atoms. The third-order valence-electron chi connectivity index (χ3n) is 2.25. The number of carbonyl (C=O) groups excluding carboxylic acids is 1. The number of amides is 1. The summed E-state index contributed by atoms with van der Waals surface area (Å²) in [5.74, 6) is -0.476. The molecule has 1 amide bonds. The van der Waals surface area contributed by atoms with Crippen molar-refractivity contribution in [3.63, 3.8) is 0 Å². The fourth-order valence-corrected chi connectivity index (χ4v) is 1.50. The number of hydrogen-bond acceptors (Lipinski definition) is 1. The van der Waals surface area contributed by atoms with Crippen LogP contribution in [0, 0.1) is 0 Å². The summed E-state index contributed by atoms with van der Waals surface area (Å²) >= 11 is 0. The van der Waals surface area contributed by atoms with Gasteiger partial charge in [0.1, 0.15) is 0 Å². The normalized spacial score (nSPS) is 12.6. The van der Waals surface area contributed by atoms with Gasteiger partial charge in [0, 0.05) is 6.04 Å². The van der Waals surface area contributed by atoms with Crippen LogP contribution in [0.3, 0.4) is 0 Å². The maximum atomic E-state index is 10.8. The highest BCUT2D eigenvalue weighted by molar-refractivity contribution is 6.57. The van der Waals surface area contributed by atoms with Gasteiger partial charge in [-0.05, 0) is 12.0 Å². The van der Waals surface area contributed by atoms with Crippen LogP contribution in [-0.2, 0) is 0 Å². The molecule has 1 atom stereocenters. The van der Waals surface area contributed by atoms with E-state index in [0.717, 1.165) is 18.4 Å². The first-order valence-corrected chi connectivity index (χ1v) is 5.51. The van der Waals surface area contributed by atoms with Gasteiger partial charge in [-0.25, -0.2) is 0 Å². The lowest BCUT2D eigenvalue weighted by molar-refractivity contribution is 0.257. The van der Waals surface area contributed by atoms with Crippen molar-refractivity contribution in [2.75, 3.05) is 0 Å². The molecule has 0 fully saturated rings. The molecule has 0 heterocycles. The molecule has 1 N–H and O–H groups in total. The predicted molar refractivity (Wildman–Crippen MR) is 68.5 cm³/mol. The summed E-state index contributed by atoms with van der Waals surface area (Å²) in [5, 5.41) is 2.70. The Labute approximate surface area is 98.2 Å². The van der Waals surface area contributed by atoms with Crippen LogP contribution in [0.25, 0.3) is 6.08 Å². The smallest absolute Gasteiger partial charge is 0.200 e. The van der Waals surface area contributed by atoms with E-state index in [1.807, 2.05) is 42.5 Å². The Balaban J connectivity index is 2.60. The lowest BCUT2D eigenvalue weighted by atomic mass is 10.1. The fourth-order valence-electron chi connectivity index (χ4n) is 1.50. The van der Waals surface area contributed by atoms with E-state index in [9.17, 15) is 4.79 Å². The highest BCUT2D eigenvalue weighted by atomic mass is 16.1. The molecule has 1 rings (SSSR count). The highest BCUT2D eigenvalue weighted by Crippen LogP contribution is 2.05. The second kappa shape index (κ2) is 6.88. The zero-order chi connectivity index (χ0) is 11.8. The summed E-state index contributed by atoms with van der Waals surface area (Å²) in [4.78, 5) is 10.8. The molecule has 0 saturated heterocycles. The van der Waals surface area contributed by atoms with E-state index < -0.39 is 5.81 Å². The third kappa shape index (κ3) is 4.83. The molecule has 0 spiro atoms. The summed E-state index contributed by atoms with van der Waals surface area (Å²) in [6.07, 6.45) is 5.87. The molecule has 0 aliphatic rings. The van der Waals surface area contributed by atoms with Crippen LogP contribution < -0.4 is 5.32 Å². The Kier molecular flexibility index (Phi) is 5.41. The SMILES string of the molecule is [B]C(=O)NC(/C=C/c1ccccc1)CCC. The minimum Gasteiger partial charge on any atom is -0.360 e. The number of rotatable bonds is 5. The minimum absolute atomic E-state index is 0.0164. The van der Waals surface area contributed by atoms with Gasteiger partial charge in [0.25, 0.3) is 0 Å². The summed E-state index contributed by atoms with van der Waals surface area (Å²) < 4.78 is 0. The van der Waals surface area contributed by atoms with E-state index >= 15 is 0 Å². The van der Waals surface area contributed by atoms with Crippen LogP contribution >= 0.6 is 0 Å². The lowest BCUT2D eigenvalue weighted by Crippen LogP contribution is -2.32. The van der Waals surface area contributed by atoms with Gasteiger partial charge in [-0.2, -0.15) is 0 Å². The second-order valence-corrected chi connectivity index (χ2v) is 3.67. The van der Waals surface area contributed by atoms with Gasteiger partial charge in [0.15, 0.2) is 5.81 Å². The van der Waals surface area contributed by atoms with Crippen molar-refractivity contribution >= 4 is 19.7 Å². The summed E-state index contributed by atoms with van der Waals surface area (Å²) in [7, 11) is 5.11. The van der Waals surface area contributed by atoms with Crippen LogP contribution in [-0.4, -0.2) is 19.7 Å². The molecule has 2 radical (unpaired) electrons. The molecule has 0 saturated carbocycles. The molecule has 2 nitrogen and oxygen atoms in total. The van der Waals surface area contributed by atoms with E-state index in [1.54, 1.807) is 0 Å². The average molecular weight is 213 g/mol. The quantitative estimate of drug-likeness (QED) is 0.748. The van der Waals surface area contributed by atoms with Crippen LogP contribution in [0.5, 0.6) is 0 Å². The molecule has 1 aromatic rings. The average Bonchev–Trinajstić information content (AvgIpc) is 2.27. The number of benzene rings is 1. The third-order valence-corrected chi connectivity index (χ3v) is 2.25. The summed E-state index contributed by atoms with van der Waals surface area (Å²) in [6, 6.07) is 9.99. The molecule has 82 valence electrons. The minimum atomic E-state index is -0.476. The first-order valence-electron chi connectivity index (χ1n) is 5.51. The lowest BCUT2D eigenvalue weighted by Gasteiger charge is -2.12. The first-order chi connectivity index (χ1) is 7.72. The van der Waals surface area contributed by atoms with Crippen LogP contribution in [0.4, 0.5) is 4.79 Å². The van der Waals surface area contributed by atoms with Gasteiger partial charge in [0.05, 0.1) is 0 Å². The van der Waals surface area contributed by atoms with Crippen molar-refractivity contribution < 1.29 is 4.79 Å². The maximum Gasteiger partial charge on any atom is 0.200 e. The van der Waals surface area contributed by atoms with Gasteiger partial charge in [0.2, 0.25) is 7.85 Å². The molecule has 0 bridgehead atoms. The van der Waals surface area contributed by atoms with E-state index in [2.05, 4.69) is 12.2 Å². The molecule has 0 aliphatic carbocycles. The van der Waals surface area contributed by atoms with Gasteiger partial charge < -0.3 is 5.32 Å². The van der Waals surface area contributed by atoms with E-state index in [-0.39, 0.29) is 6.04 Å². The Hall–Kier alpha value is -1.51. The van der Waals surface area contributed by atoms with Gasteiger partial charge in [-0.15, -0.1) is 0 Å². The number of hydrogen-bond donors (Lipinski definition) is 1. The fraction of sp³-hybridized carbons (Fsp3) is 0.308. The molecular weight excluding hydrogens is 197 g/mol. The second-order valence-electron chi connectivity index (χ2n) is 3.67. The van der Waals surface area contributed by atoms with Crippen molar-refractivity contribution in [3.05, 3.63) is 42.0 Å². The monoisotopic (exact) mass is 213 g/mol. The summed E-state index contributed by atoms with van der Waals surface area (Å²) in [6.45, 7) is 2.08. The highest BCUT2D eigenvalue weighted by Gasteiger charge is 2.03. The molecule has 1 aromatic carbocycles. The van der Waals surface area contributed by atoms with Crippen LogP contribution in [0.1, 0.15) is 25.3 Å². The Morgan fingerprint density at radius 1 is 1.44 bits per heavy atom. The zero-order valence-corrected chi connectivity index (χ0v) is 9.52. The topological polar surface area (TPSA) is 29.1 Å². The molecular formula is C13H16BNO. The predicted octanol–water partition coefficient (Wildman–Crippen LogP) is 2.75. The zero-order valence-electron chi connectivity index (χ0n) is 9.52. The van der Waals surface area contributed by atoms with Gasteiger partial charge >= 0.3 is 0 Å². The van der Waals surface area contributed by atoms with Crippen LogP contribution in [0.2, 0.25) is 0 Å². The largest absolute Gasteiger partial charge is 0.360 e. The van der Waals surface area contributed by atoms with E-state index in [4.69, 9.17) is 7.85 Å². The van der Waals surface area contributed by atoms with Crippen LogP contribution in [0.15, 0.2) is 36.4 Å². The van der Waals surface area contributed by atoms with Crippen molar-refractivity contribution in [2.45, 2.75) is 25.8 Å². The number of nitrogens with one attached hydrogen (secondary N) is 1. The van der Waals surface area contributed by atoms with Crippen molar-refractivity contribution in [2.24, 2.45) is 0 Å². The number of carbonyl (C=O) groups is 1. The molecule has 3 heteroatoms. The summed E-state index contributed by atoms with van der Waals surface area (Å²) in [5.41, 5.74) is 1.12. The maximum absolute atomic E-state index is 10.8. The van der Waals surface area contributed by atoms with Crippen molar-refractivity contribution in [3.8, 4) is 0 Å². The molecule has 1 unspecified atom stereocenters. The Morgan fingerprint density at radius 3 is 2.69 bits per heavy atom. The van der Waals surface area contributed by atoms with E-state index in [1.165, 1.54) is 0 Å². The standard InChI is InChI=1S/C13H16BNO/c1-2-6-12(15-13(14)16)10-9-11-7-4-3-5-8-11/h3-5,7-10,12H,2,6H2,1H3,(H,15,16)/b10-9+.